The van der Waals surface area contributed by atoms with Crippen LogP contribution in [0.2, 0.25) is 5.02 Å². The summed E-state index contributed by atoms with van der Waals surface area (Å²) in [5.74, 6) is -1.32. The lowest BCUT2D eigenvalue weighted by Gasteiger charge is -2.23. The van der Waals surface area contributed by atoms with Crippen LogP contribution in [0.4, 0.5) is 11.4 Å². The van der Waals surface area contributed by atoms with Crippen molar-refractivity contribution < 1.29 is 9.90 Å². The van der Waals surface area contributed by atoms with Crippen molar-refractivity contribution in [3.63, 3.8) is 0 Å². The van der Waals surface area contributed by atoms with E-state index in [1.807, 2.05) is 25.3 Å². The lowest BCUT2D eigenvalue weighted by molar-refractivity contribution is -0.255. The normalized spacial score (nSPS) is 16.9. The average molecular weight is 369 g/mol. The van der Waals surface area contributed by atoms with Gasteiger partial charge >= 0.3 is 0 Å². The van der Waals surface area contributed by atoms with Gasteiger partial charge in [0.05, 0.1) is 11.7 Å². The molecule has 0 aromatic heterocycles. The van der Waals surface area contributed by atoms with Gasteiger partial charge in [0.2, 0.25) is 0 Å². The molecule has 0 atom stereocenters. The molecule has 0 aliphatic carbocycles. The first-order chi connectivity index (χ1) is 12.3. The van der Waals surface area contributed by atoms with Crippen LogP contribution in [0.15, 0.2) is 59.3 Å². The number of likely N-dealkylation sites (N-methyl/N-ethyl adjacent to an activating group) is 1. The van der Waals surface area contributed by atoms with Crippen molar-refractivity contribution in [2.24, 2.45) is 5.10 Å². The van der Waals surface area contributed by atoms with Gasteiger partial charge in [0, 0.05) is 40.6 Å². The molecular formula is C20H19ClN3O2-. The van der Waals surface area contributed by atoms with Gasteiger partial charge in [-0.1, -0.05) is 43.6 Å². The summed E-state index contributed by atoms with van der Waals surface area (Å²) in [7, 11) is 2.03. The van der Waals surface area contributed by atoms with Crippen LogP contribution >= 0.6 is 11.6 Å². The number of rotatable bonds is 4. The quantitative estimate of drug-likeness (QED) is 0.663. The fourth-order valence-electron chi connectivity index (χ4n) is 3.27. The second-order valence-corrected chi connectivity index (χ2v) is 7.03. The number of halogens is 1. The molecule has 1 heterocycles. The van der Waals surface area contributed by atoms with E-state index >= 15 is 0 Å². The Labute approximate surface area is 157 Å². The maximum absolute atomic E-state index is 11.0. The SMILES string of the molecule is CN1/C(=C/C=N\Nc2ccc(Cl)c(C(=O)[O-])c2)C(C)(C)c2ccccc21. The summed E-state index contributed by atoms with van der Waals surface area (Å²) in [6.07, 6.45) is 3.61. The van der Waals surface area contributed by atoms with Gasteiger partial charge in [-0.05, 0) is 35.9 Å². The molecule has 6 heteroatoms. The van der Waals surface area contributed by atoms with Crippen molar-refractivity contribution in [1.82, 2.24) is 0 Å². The zero-order valence-corrected chi connectivity index (χ0v) is 15.5. The molecule has 0 amide bonds. The van der Waals surface area contributed by atoms with E-state index in [4.69, 9.17) is 11.6 Å². The largest absolute Gasteiger partial charge is 0.545 e. The summed E-state index contributed by atoms with van der Waals surface area (Å²) in [6, 6.07) is 12.8. The molecular weight excluding hydrogens is 350 g/mol. The Bertz CT molecular complexity index is 919. The predicted octanol–water partition coefficient (Wildman–Crippen LogP) is 3.41. The number of para-hydroxylation sites is 1. The number of carbonyl (C=O) groups is 1. The molecule has 1 aliphatic rings. The van der Waals surface area contributed by atoms with E-state index in [9.17, 15) is 9.90 Å². The molecule has 1 N–H and O–H groups in total. The first-order valence-electron chi connectivity index (χ1n) is 8.16. The number of nitrogens with one attached hydrogen (secondary N) is 1. The number of anilines is 2. The lowest BCUT2D eigenvalue weighted by Crippen LogP contribution is -2.23. The predicted molar refractivity (Wildman–Crippen MR) is 104 cm³/mol. The van der Waals surface area contributed by atoms with Crippen LogP contribution in [0.1, 0.15) is 29.8 Å². The van der Waals surface area contributed by atoms with Gasteiger partial charge in [0.15, 0.2) is 0 Å². The third-order valence-electron chi connectivity index (χ3n) is 4.63. The number of fused-ring (bicyclic) bond motifs is 1. The summed E-state index contributed by atoms with van der Waals surface area (Å²) in [5.41, 5.74) is 6.71. The number of aromatic carboxylic acids is 1. The first kappa shape index (κ1) is 18.0. The summed E-state index contributed by atoms with van der Waals surface area (Å²) in [6.45, 7) is 4.35. The van der Waals surface area contributed by atoms with E-state index in [0.29, 0.717) is 5.69 Å². The highest BCUT2D eigenvalue weighted by Crippen LogP contribution is 2.46. The van der Waals surface area contributed by atoms with Crippen LogP contribution in [0.5, 0.6) is 0 Å². The maximum atomic E-state index is 11.0. The van der Waals surface area contributed by atoms with Crippen LogP contribution in [0.25, 0.3) is 0 Å². The molecule has 0 bridgehead atoms. The Kier molecular flexibility index (Phi) is 4.74. The lowest BCUT2D eigenvalue weighted by atomic mass is 9.84. The number of nitrogens with zero attached hydrogens (tertiary/aromatic N) is 2. The van der Waals surface area contributed by atoms with Gasteiger partial charge in [-0.2, -0.15) is 5.10 Å². The Morgan fingerprint density at radius 3 is 2.69 bits per heavy atom. The average Bonchev–Trinajstić information content (AvgIpc) is 2.80. The van der Waals surface area contributed by atoms with E-state index in [-0.39, 0.29) is 16.0 Å². The van der Waals surface area contributed by atoms with Gasteiger partial charge in [-0.25, -0.2) is 0 Å². The second-order valence-electron chi connectivity index (χ2n) is 6.63. The van der Waals surface area contributed by atoms with Crippen molar-refractivity contribution in [2.75, 3.05) is 17.4 Å². The second kappa shape index (κ2) is 6.84. The third kappa shape index (κ3) is 3.18. The fourth-order valence-corrected chi connectivity index (χ4v) is 3.47. The van der Waals surface area contributed by atoms with Gasteiger partial charge < -0.3 is 14.8 Å². The Balaban J connectivity index is 1.79. The fraction of sp³-hybridized carbons (Fsp3) is 0.200. The molecule has 26 heavy (non-hydrogen) atoms. The van der Waals surface area contributed by atoms with E-state index in [0.717, 1.165) is 5.70 Å². The number of carbonyl (C=O) groups excluding carboxylic acids is 1. The Morgan fingerprint density at radius 1 is 1.27 bits per heavy atom. The number of hydrazone groups is 1. The molecule has 0 saturated carbocycles. The van der Waals surface area contributed by atoms with Gasteiger partial charge in [0.25, 0.3) is 0 Å². The molecule has 0 fully saturated rings. The monoisotopic (exact) mass is 368 g/mol. The topological polar surface area (TPSA) is 67.8 Å². The van der Waals surface area contributed by atoms with E-state index in [1.165, 1.54) is 23.4 Å². The van der Waals surface area contributed by atoms with Crippen LogP contribution in [-0.4, -0.2) is 19.2 Å². The van der Waals surface area contributed by atoms with Gasteiger partial charge in [-0.15, -0.1) is 0 Å². The van der Waals surface area contributed by atoms with Crippen LogP contribution in [0.3, 0.4) is 0 Å². The summed E-state index contributed by atoms with van der Waals surface area (Å²) in [5, 5.41) is 15.3. The minimum atomic E-state index is -1.32. The van der Waals surface area contributed by atoms with Crippen molar-refractivity contribution >= 4 is 35.2 Å². The summed E-state index contributed by atoms with van der Waals surface area (Å²) < 4.78 is 0. The Morgan fingerprint density at radius 2 is 2.00 bits per heavy atom. The highest BCUT2D eigenvalue weighted by atomic mass is 35.5. The molecule has 0 saturated heterocycles. The number of carboxylic acids is 1. The number of hydrogen-bond acceptors (Lipinski definition) is 5. The number of carboxylic acid groups (broad SMARTS) is 1. The van der Waals surface area contributed by atoms with E-state index < -0.39 is 5.97 Å². The number of allylic oxidation sites excluding steroid dienone is 2. The number of benzene rings is 2. The minimum absolute atomic E-state index is 0.0719. The third-order valence-corrected chi connectivity index (χ3v) is 4.96. The molecule has 0 radical (unpaired) electrons. The van der Waals surface area contributed by atoms with Gasteiger partial charge in [0.1, 0.15) is 0 Å². The van der Waals surface area contributed by atoms with Gasteiger partial charge in [-0.3, -0.25) is 5.43 Å². The molecule has 5 nitrogen and oxygen atoms in total. The standard InChI is InChI=1S/C20H20ClN3O2/c1-20(2)15-6-4-5-7-17(15)24(3)18(20)10-11-22-23-13-8-9-16(21)14(12-13)19(25)26/h4-12,23H,1-3H3,(H,25,26)/p-1/b18-10+,22-11-. The molecule has 0 spiro atoms. The van der Waals surface area contributed by atoms with Crippen molar-refractivity contribution in [3.8, 4) is 0 Å². The zero-order chi connectivity index (χ0) is 18.9. The van der Waals surface area contributed by atoms with Crippen LogP contribution in [-0.2, 0) is 5.41 Å². The van der Waals surface area contributed by atoms with E-state index in [2.05, 4.69) is 41.4 Å². The minimum Gasteiger partial charge on any atom is -0.545 e. The van der Waals surface area contributed by atoms with Crippen molar-refractivity contribution in [1.29, 1.82) is 0 Å². The van der Waals surface area contributed by atoms with Crippen molar-refractivity contribution in [2.45, 2.75) is 19.3 Å². The van der Waals surface area contributed by atoms with Crippen molar-refractivity contribution in [3.05, 3.63) is 70.4 Å². The molecule has 0 unspecified atom stereocenters. The molecule has 3 rings (SSSR count). The summed E-state index contributed by atoms with van der Waals surface area (Å²) >= 11 is 5.83. The zero-order valence-electron chi connectivity index (χ0n) is 14.8. The van der Waals surface area contributed by atoms with E-state index in [1.54, 1.807) is 12.3 Å². The van der Waals surface area contributed by atoms with Crippen LogP contribution in [0, 0.1) is 0 Å². The molecule has 1 aliphatic heterocycles. The van der Waals surface area contributed by atoms with Crippen LogP contribution < -0.4 is 15.4 Å². The maximum Gasteiger partial charge on any atom is 0.0731 e. The first-order valence-corrected chi connectivity index (χ1v) is 8.54. The highest BCUT2D eigenvalue weighted by Gasteiger charge is 2.37. The summed E-state index contributed by atoms with van der Waals surface area (Å²) in [4.78, 5) is 13.2. The smallest absolute Gasteiger partial charge is 0.0731 e. The Hall–Kier alpha value is -2.79. The molecule has 2 aromatic carbocycles. The number of hydrogen-bond donors (Lipinski definition) is 1. The molecule has 134 valence electrons. The highest BCUT2D eigenvalue weighted by molar-refractivity contribution is 6.33. The molecule has 2 aromatic rings.